The summed E-state index contributed by atoms with van der Waals surface area (Å²) in [6.07, 6.45) is -3.95. The van der Waals surface area contributed by atoms with E-state index in [2.05, 4.69) is 90.3 Å². The van der Waals surface area contributed by atoms with Crippen LogP contribution >= 0.6 is 0 Å². The Morgan fingerprint density at radius 3 is 1.70 bits per heavy atom. The van der Waals surface area contributed by atoms with Crippen LogP contribution in [0.1, 0.15) is 78.8 Å². The molecule has 2 heterocycles. The molecule has 5 aromatic carbocycles. The van der Waals surface area contributed by atoms with Crippen LogP contribution in [0, 0.1) is 5.92 Å². The van der Waals surface area contributed by atoms with E-state index < -0.39 is 82.1 Å². The fourth-order valence-corrected chi connectivity index (χ4v) is 16.6. The van der Waals surface area contributed by atoms with Crippen LogP contribution in [-0.2, 0) is 33.7 Å². The average molecular weight is 942 g/mol. The molecule has 8 rings (SSSR count). The van der Waals surface area contributed by atoms with Gasteiger partial charge < -0.3 is 23.7 Å². The Bertz CT molecular complexity index is 2370. The van der Waals surface area contributed by atoms with E-state index in [-0.39, 0.29) is 11.6 Å². The molecular formula is C55H67NO9Si2. The van der Waals surface area contributed by atoms with Crippen molar-refractivity contribution in [2.75, 3.05) is 6.61 Å². The normalized spacial score (nSPS) is 24.8. The molecule has 3 aliphatic rings. The second kappa shape index (κ2) is 20.1. The zero-order chi connectivity index (χ0) is 47.6. The van der Waals surface area contributed by atoms with Crippen LogP contribution in [0.3, 0.4) is 0 Å². The summed E-state index contributed by atoms with van der Waals surface area (Å²) in [5, 5.41) is 15.0. The zero-order valence-corrected chi connectivity index (χ0v) is 42.1. The first-order chi connectivity index (χ1) is 32.1. The van der Waals surface area contributed by atoms with E-state index >= 15 is 0 Å². The maximum atomic E-state index is 14.6. The van der Waals surface area contributed by atoms with Crippen molar-refractivity contribution in [3.8, 4) is 0 Å². The van der Waals surface area contributed by atoms with Gasteiger partial charge in [0.1, 0.15) is 18.2 Å². The van der Waals surface area contributed by atoms with E-state index in [4.69, 9.17) is 28.3 Å². The van der Waals surface area contributed by atoms with Crippen molar-refractivity contribution in [3.05, 3.63) is 174 Å². The Kier molecular flexibility index (Phi) is 14.6. The van der Waals surface area contributed by atoms with Gasteiger partial charge >= 0.3 is 11.9 Å². The van der Waals surface area contributed by atoms with E-state index in [1.165, 1.54) is 5.23 Å². The third-order valence-corrected chi connectivity index (χ3v) is 24.4. The lowest BCUT2D eigenvalue weighted by Gasteiger charge is -2.47. The Morgan fingerprint density at radius 1 is 0.716 bits per heavy atom. The lowest BCUT2D eigenvalue weighted by molar-refractivity contribution is -0.466. The fourth-order valence-electron chi connectivity index (χ4n) is 10.5. The summed E-state index contributed by atoms with van der Waals surface area (Å²) >= 11 is 0. The second-order valence-corrected chi connectivity index (χ2v) is 29.7. The summed E-state index contributed by atoms with van der Waals surface area (Å²) in [6.45, 7) is 17.8. The molecule has 10 nitrogen and oxygen atoms in total. The van der Waals surface area contributed by atoms with E-state index in [1.54, 1.807) is 48.5 Å². The van der Waals surface area contributed by atoms with Gasteiger partial charge in [-0.05, 0) is 78.7 Å². The van der Waals surface area contributed by atoms with Gasteiger partial charge in [-0.1, -0.05) is 179 Å². The molecule has 0 amide bonds. The number of esters is 2. The van der Waals surface area contributed by atoms with E-state index in [0.717, 1.165) is 29.2 Å². The molecule has 0 bridgehead atoms. The second-order valence-electron chi connectivity index (χ2n) is 20.4. The molecule has 0 aromatic heterocycles. The summed E-state index contributed by atoms with van der Waals surface area (Å²) in [7, 11) is -5.22. The predicted molar refractivity (Wildman–Crippen MR) is 265 cm³/mol. The number of hydroxylamine groups is 2. The van der Waals surface area contributed by atoms with Gasteiger partial charge in [0, 0.05) is 11.0 Å². The number of benzene rings is 5. The molecule has 0 unspecified atom stereocenters. The number of carbonyl (C=O) groups is 2. The van der Waals surface area contributed by atoms with Gasteiger partial charge in [0.15, 0.2) is 20.5 Å². The number of carbonyl (C=O) groups excluding carboxylic acids is 2. The van der Waals surface area contributed by atoms with Crippen molar-refractivity contribution in [2.24, 2.45) is 5.92 Å². The maximum Gasteiger partial charge on any atom is 0.338 e. The van der Waals surface area contributed by atoms with Crippen molar-refractivity contribution < 1.29 is 43.0 Å². The molecule has 8 atom stereocenters. The Labute approximate surface area is 398 Å². The van der Waals surface area contributed by atoms with Crippen molar-refractivity contribution >= 4 is 33.5 Å². The molecule has 354 valence electrons. The van der Waals surface area contributed by atoms with E-state index in [9.17, 15) is 14.7 Å². The minimum absolute atomic E-state index is 0.0237. The van der Waals surface area contributed by atoms with Gasteiger partial charge in [-0.25, -0.2) is 14.4 Å². The first-order valence-electron chi connectivity index (χ1n) is 23.8. The number of aliphatic hydroxyl groups is 1. The van der Waals surface area contributed by atoms with Crippen molar-refractivity contribution in [3.63, 3.8) is 0 Å². The molecule has 2 saturated heterocycles. The standard InChI is InChI=1S/C55H67NO9Si2/c1-38(2)54(3,4)67(7,8)60-37-44(57)47-50(66(5,6)43-33-22-13-23-34-43)46-48(62-51(58)39-25-14-9-15-26-39)49(63-52(59)40-27-16-10-17-28-40)53(65-56(46)64-47)61-45-35-24-36-55(45,41-29-18-11-19-30-41)42-31-20-12-21-32-42/h9-23,25-34,38,44-50,53,57H,24,35-37H2,1-8H3/t44-,45+,46+,47+,48-,49+,50+,53-/m0/s1. The largest absolute Gasteiger partial charge is 0.453 e. The quantitative estimate of drug-likeness (QED) is 0.0758. The maximum absolute atomic E-state index is 14.6. The SMILES string of the molecule is CC(C)C(C)(C)[Si](C)(C)OC[C@H](O)[C@H]1ON2O[C@H](O[C@@H]3CCCC3(c3ccccc3)c3ccccc3)[C@H](OC(=O)c3ccccc3)[C@@H](OC(=O)c3ccccc3)[C@@H]2[C@H]1[Si](C)(C)c1ccccc1. The molecule has 12 heteroatoms. The molecule has 0 radical (unpaired) electrons. The fraction of sp³-hybridized carbons (Fsp3) is 0.418. The minimum atomic E-state index is -2.81. The molecule has 1 saturated carbocycles. The van der Waals surface area contributed by atoms with Crippen LogP contribution in [0.5, 0.6) is 0 Å². The zero-order valence-electron chi connectivity index (χ0n) is 40.1. The highest BCUT2D eigenvalue weighted by atomic mass is 28.4. The first kappa shape index (κ1) is 48.7. The molecule has 67 heavy (non-hydrogen) atoms. The Balaban J connectivity index is 1.26. The first-order valence-corrected chi connectivity index (χ1v) is 29.8. The molecule has 1 aliphatic carbocycles. The Hall–Kier alpha value is -4.77. The van der Waals surface area contributed by atoms with Gasteiger partial charge in [-0.15, -0.1) is 0 Å². The Morgan fingerprint density at radius 2 is 1.19 bits per heavy atom. The molecule has 0 spiro atoms. The monoisotopic (exact) mass is 941 g/mol. The van der Waals surface area contributed by atoms with Crippen LogP contribution in [0.4, 0.5) is 0 Å². The average Bonchev–Trinajstić information content (AvgIpc) is 3.96. The summed E-state index contributed by atoms with van der Waals surface area (Å²) in [6, 6.07) is 47.6. The number of ether oxygens (including phenoxy) is 3. The number of nitrogens with zero attached hydrogens (tertiary/aromatic N) is 1. The van der Waals surface area contributed by atoms with Gasteiger partial charge in [-0.2, -0.15) is 0 Å². The van der Waals surface area contributed by atoms with Crippen molar-refractivity contribution in [2.45, 2.75) is 132 Å². The minimum Gasteiger partial charge on any atom is -0.453 e. The summed E-state index contributed by atoms with van der Waals surface area (Å²) in [5.74, 6) is -0.881. The highest BCUT2D eigenvalue weighted by molar-refractivity contribution is 6.91. The van der Waals surface area contributed by atoms with Crippen molar-refractivity contribution in [1.29, 1.82) is 0 Å². The number of hydrogen-bond acceptors (Lipinski definition) is 10. The number of aliphatic hydroxyl groups excluding tert-OH is 1. The van der Waals surface area contributed by atoms with Crippen molar-refractivity contribution in [1.82, 2.24) is 5.23 Å². The summed E-state index contributed by atoms with van der Waals surface area (Å²) in [5.41, 5.74) is 1.73. The topological polar surface area (TPSA) is 113 Å². The van der Waals surface area contributed by atoms with Crippen LogP contribution in [0.2, 0.25) is 36.8 Å². The lowest BCUT2D eigenvalue weighted by atomic mass is 9.71. The number of hydrogen-bond donors (Lipinski definition) is 1. The van der Waals surface area contributed by atoms with Crippen LogP contribution < -0.4 is 5.19 Å². The molecule has 5 aromatic rings. The van der Waals surface area contributed by atoms with Crippen LogP contribution in [0.25, 0.3) is 0 Å². The lowest BCUT2D eigenvalue weighted by Crippen LogP contribution is -2.65. The molecule has 1 N–H and O–H groups in total. The van der Waals surface area contributed by atoms with Crippen LogP contribution in [0.15, 0.2) is 152 Å². The number of rotatable bonds is 16. The van der Waals surface area contributed by atoms with Gasteiger partial charge in [-0.3, -0.25) is 4.84 Å². The number of fused-ring (bicyclic) bond motifs is 1. The van der Waals surface area contributed by atoms with Gasteiger partial charge in [0.05, 0.1) is 31.9 Å². The van der Waals surface area contributed by atoms with Crippen LogP contribution in [-0.4, -0.2) is 88.1 Å². The summed E-state index contributed by atoms with van der Waals surface area (Å²) in [4.78, 5) is 43.0. The third-order valence-electron chi connectivity index (χ3n) is 15.6. The summed E-state index contributed by atoms with van der Waals surface area (Å²) < 4.78 is 27.5. The highest BCUT2D eigenvalue weighted by Gasteiger charge is 2.65. The molecule has 2 aliphatic heterocycles. The highest BCUT2D eigenvalue weighted by Crippen LogP contribution is 2.52. The predicted octanol–water partition coefficient (Wildman–Crippen LogP) is 10.3. The smallest absolute Gasteiger partial charge is 0.338 e. The molecule has 3 fully saturated rings. The van der Waals surface area contributed by atoms with E-state index in [1.807, 2.05) is 66.7 Å². The van der Waals surface area contributed by atoms with Gasteiger partial charge in [0.2, 0.25) is 6.29 Å². The third kappa shape index (κ3) is 9.65. The van der Waals surface area contributed by atoms with E-state index in [0.29, 0.717) is 23.5 Å². The van der Waals surface area contributed by atoms with Gasteiger partial charge in [0.25, 0.3) is 0 Å². The molecular weight excluding hydrogens is 875 g/mol.